The Labute approximate surface area is 182 Å². The van der Waals surface area contributed by atoms with Crippen molar-refractivity contribution in [3.63, 3.8) is 0 Å². The summed E-state index contributed by atoms with van der Waals surface area (Å²) in [6.45, 7) is 0. The molecule has 0 amide bonds. The van der Waals surface area contributed by atoms with Gasteiger partial charge in [0, 0.05) is 17.2 Å². The summed E-state index contributed by atoms with van der Waals surface area (Å²) < 4.78 is 11.2. The fraction of sp³-hybridized carbons (Fsp3) is 0. The van der Waals surface area contributed by atoms with Crippen molar-refractivity contribution in [2.24, 2.45) is 4.99 Å². The smallest absolute Gasteiger partial charge is 0.363 e. The molecule has 0 saturated heterocycles. The van der Waals surface area contributed by atoms with Crippen LogP contribution in [0.5, 0.6) is 0 Å². The highest BCUT2D eigenvalue weighted by Crippen LogP contribution is 2.30. The van der Waals surface area contributed by atoms with Crippen molar-refractivity contribution in [2.45, 2.75) is 0 Å². The summed E-state index contributed by atoms with van der Waals surface area (Å²) >= 11 is 12.0. The van der Waals surface area contributed by atoms with Crippen LogP contribution in [0, 0.1) is 0 Å². The van der Waals surface area contributed by atoms with Gasteiger partial charge in [-0.05, 0) is 53.2 Å². The summed E-state index contributed by atoms with van der Waals surface area (Å²) in [5.41, 5.74) is 1.69. The second kappa shape index (κ2) is 7.48. The van der Waals surface area contributed by atoms with E-state index in [-0.39, 0.29) is 11.6 Å². The van der Waals surface area contributed by atoms with Gasteiger partial charge in [-0.3, -0.25) is 0 Å². The normalized spacial score (nSPS) is 14.9. The fourth-order valence-corrected chi connectivity index (χ4v) is 3.52. The lowest BCUT2D eigenvalue weighted by molar-refractivity contribution is -0.129. The Morgan fingerprint density at radius 2 is 1.60 bits per heavy atom. The number of benzene rings is 3. The number of rotatable bonds is 3. The van der Waals surface area contributed by atoms with Crippen LogP contribution in [-0.4, -0.2) is 11.9 Å². The first-order valence-electron chi connectivity index (χ1n) is 9.14. The molecule has 0 bridgehead atoms. The molecule has 30 heavy (non-hydrogen) atoms. The molecule has 4 nitrogen and oxygen atoms in total. The molecule has 6 heteroatoms. The number of furan rings is 1. The first kappa shape index (κ1) is 18.7. The predicted octanol–water partition coefficient (Wildman–Crippen LogP) is 6.75. The van der Waals surface area contributed by atoms with E-state index in [1.165, 1.54) is 0 Å². The molecule has 0 N–H and O–H groups in total. The monoisotopic (exact) mass is 433 g/mol. The molecule has 3 aromatic carbocycles. The molecule has 0 fully saturated rings. The van der Waals surface area contributed by atoms with E-state index >= 15 is 0 Å². The highest BCUT2D eigenvalue weighted by atomic mass is 35.5. The average molecular weight is 434 g/mol. The molecule has 0 unspecified atom stereocenters. The minimum Gasteiger partial charge on any atom is -0.457 e. The lowest BCUT2D eigenvalue weighted by Gasteiger charge is -2.02. The van der Waals surface area contributed by atoms with Gasteiger partial charge in [-0.2, -0.15) is 0 Å². The Morgan fingerprint density at radius 1 is 0.800 bits per heavy atom. The summed E-state index contributed by atoms with van der Waals surface area (Å²) in [5.74, 6) is 0.830. The van der Waals surface area contributed by atoms with Crippen LogP contribution in [0.25, 0.3) is 28.2 Å². The minimum atomic E-state index is -0.523. The number of aliphatic imine (C=N–C) groups is 1. The third kappa shape index (κ3) is 3.52. The average Bonchev–Trinajstić information content (AvgIpc) is 3.37. The van der Waals surface area contributed by atoms with E-state index in [1.54, 1.807) is 30.3 Å². The fourth-order valence-electron chi connectivity index (χ4n) is 3.22. The summed E-state index contributed by atoms with van der Waals surface area (Å²) in [6, 6.07) is 22.5. The van der Waals surface area contributed by atoms with Crippen LogP contribution in [0.15, 0.2) is 87.9 Å². The van der Waals surface area contributed by atoms with Crippen molar-refractivity contribution in [3.05, 3.63) is 99.9 Å². The quantitative estimate of drug-likeness (QED) is 0.265. The van der Waals surface area contributed by atoms with E-state index in [2.05, 4.69) is 4.99 Å². The Kier molecular flexibility index (Phi) is 4.66. The number of halogens is 2. The van der Waals surface area contributed by atoms with Crippen molar-refractivity contribution in [3.8, 4) is 11.3 Å². The second-order valence-corrected chi connectivity index (χ2v) is 7.54. The van der Waals surface area contributed by atoms with Crippen LogP contribution >= 0.6 is 23.2 Å². The van der Waals surface area contributed by atoms with Gasteiger partial charge in [0.1, 0.15) is 11.5 Å². The highest BCUT2D eigenvalue weighted by Gasteiger charge is 2.24. The molecule has 1 aliphatic rings. The van der Waals surface area contributed by atoms with Gasteiger partial charge in [0.25, 0.3) is 0 Å². The number of hydrogen-bond donors (Lipinski definition) is 0. The maximum absolute atomic E-state index is 12.3. The number of nitrogens with zero attached hydrogens (tertiary/aromatic N) is 1. The summed E-state index contributed by atoms with van der Waals surface area (Å²) in [7, 11) is 0. The van der Waals surface area contributed by atoms with Gasteiger partial charge < -0.3 is 9.15 Å². The first-order chi connectivity index (χ1) is 14.6. The largest absolute Gasteiger partial charge is 0.457 e. The number of ether oxygens (including phenoxy) is 1. The topological polar surface area (TPSA) is 51.8 Å². The second-order valence-electron chi connectivity index (χ2n) is 6.73. The Bertz CT molecular complexity index is 1370. The lowest BCUT2D eigenvalue weighted by atomic mass is 10.1. The molecule has 4 aromatic rings. The van der Waals surface area contributed by atoms with Crippen LogP contribution < -0.4 is 0 Å². The molecule has 5 rings (SSSR count). The Hall–Kier alpha value is -3.34. The van der Waals surface area contributed by atoms with Crippen molar-refractivity contribution in [2.75, 3.05) is 0 Å². The van der Waals surface area contributed by atoms with Gasteiger partial charge in [0.15, 0.2) is 5.70 Å². The van der Waals surface area contributed by atoms with Crippen LogP contribution in [0.4, 0.5) is 0 Å². The zero-order valence-electron chi connectivity index (χ0n) is 15.4. The number of fused-ring (bicyclic) bond motifs is 1. The number of carbonyl (C=O) groups excluding carboxylic acids is 1. The summed E-state index contributed by atoms with van der Waals surface area (Å²) in [4.78, 5) is 16.7. The molecule has 0 radical (unpaired) electrons. The lowest BCUT2D eigenvalue weighted by Crippen LogP contribution is -2.05. The van der Waals surface area contributed by atoms with E-state index in [0.717, 1.165) is 21.9 Å². The van der Waals surface area contributed by atoms with Crippen LogP contribution in [0.1, 0.15) is 11.3 Å². The molecule has 0 atom stereocenters. The maximum atomic E-state index is 12.3. The van der Waals surface area contributed by atoms with Crippen LogP contribution in [0.2, 0.25) is 10.0 Å². The molecule has 0 aliphatic carbocycles. The van der Waals surface area contributed by atoms with Gasteiger partial charge in [-0.15, -0.1) is 0 Å². The summed E-state index contributed by atoms with van der Waals surface area (Å²) in [5, 5.41) is 3.06. The third-order valence-electron chi connectivity index (χ3n) is 4.73. The number of carbonyl (C=O) groups is 1. The van der Waals surface area contributed by atoms with Crippen molar-refractivity contribution in [1.82, 2.24) is 0 Å². The third-order valence-corrected chi connectivity index (χ3v) is 5.47. The number of hydrogen-bond acceptors (Lipinski definition) is 4. The zero-order chi connectivity index (χ0) is 20.7. The van der Waals surface area contributed by atoms with E-state index in [1.807, 2.05) is 48.5 Å². The standard InChI is InChI=1S/C24H13Cl2NO3/c25-19-9-7-16(12-20(19)26)22-10-8-18(29-22)13-21-24(28)30-23(27-21)17-6-5-14-3-1-2-4-15(14)11-17/h1-13H/b21-13-. The molecule has 2 heterocycles. The van der Waals surface area contributed by atoms with E-state index in [4.69, 9.17) is 32.4 Å². The van der Waals surface area contributed by atoms with Gasteiger partial charge in [0.2, 0.25) is 5.90 Å². The first-order valence-corrected chi connectivity index (χ1v) is 9.89. The molecule has 1 aromatic heterocycles. The van der Waals surface area contributed by atoms with Gasteiger partial charge >= 0.3 is 5.97 Å². The molecular weight excluding hydrogens is 421 g/mol. The molecular formula is C24H13Cl2NO3. The molecule has 0 saturated carbocycles. The van der Waals surface area contributed by atoms with Crippen molar-refractivity contribution < 1.29 is 13.9 Å². The Morgan fingerprint density at radius 3 is 2.43 bits per heavy atom. The Balaban J connectivity index is 1.45. The van der Waals surface area contributed by atoms with Gasteiger partial charge in [-0.1, -0.05) is 53.5 Å². The zero-order valence-corrected chi connectivity index (χ0v) is 16.9. The molecule has 1 aliphatic heterocycles. The molecule has 0 spiro atoms. The van der Waals surface area contributed by atoms with Crippen molar-refractivity contribution >= 4 is 51.9 Å². The maximum Gasteiger partial charge on any atom is 0.363 e. The summed E-state index contributed by atoms with van der Waals surface area (Å²) in [6.07, 6.45) is 1.55. The van der Waals surface area contributed by atoms with E-state index in [0.29, 0.717) is 21.6 Å². The van der Waals surface area contributed by atoms with E-state index < -0.39 is 5.97 Å². The SMILES string of the molecule is O=C1OC(c2ccc3ccccc3c2)=N/C1=C\c1ccc(-c2ccc(Cl)c(Cl)c2)o1. The van der Waals surface area contributed by atoms with Gasteiger partial charge in [0.05, 0.1) is 10.0 Å². The van der Waals surface area contributed by atoms with Gasteiger partial charge in [-0.25, -0.2) is 9.79 Å². The van der Waals surface area contributed by atoms with Crippen LogP contribution in [0.3, 0.4) is 0 Å². The minimum absolute atomic E-state index is 0.174. The highest BCUT2D eigenvalue weighted by molar-refractivity contribution is 6.42. The number of cyclic esters (lactones) is 1. The number of esters is 1. The van der Waals surface area contributed by atoms with Crippen LogP contribution in [-0.2, 0) is 9.53 Å². The predicted molar refractivity (Wildman–Crippen MR) is 119 cm³/mol. The van der Waals surface area contributed by atoms with E-state index in [9.17, 15) is 4.79 Å². The molecule has 146 valence electrons. The van der Waals surface area contributed by atoms with Crippen molar-refractivity contribution in [1.29, 1.82) is 0 Å².